The van der Waals surface area contributed by atoms with E-state index in [1.54, 1.807) is 19.2 Å². The van der Waals surface area contributed by atoms with Crippen LogP contribution in [0.1, 0.15) is 21.7 Å². The maximum atomic E-state index is 13.3. The first-order chi connectivity index (χ1) is 15.5. The summed E-state index contributed by atoms with van der Waals surface area (Å²) < 4.78 is 72.2. The highest BCUT2D eigenvalue weighted by Crippen LogP contribution is 2.33. The summed E-state index contributed by atoms with van der Waals surface area (Å²) in [5, 5.41) is 0. The Kier molecular flexibility index (Phi) is 6.97. The third-order valence-electron chi connectivity index (χ3n) is 4.75. The summed E-state index contributed by atoms with van der Waals surface area (Å²) in [6.45, 7) is 3.42. The molecule has 0 saturated heterocycles. The molecule has 1 heterocycles. The number of carbonyl (C=O) groups excluding carboxylic acids is 1. The Morgan fingerprint density at radius 3 is 2.45 bits per heavy atom. The van der Waals surface area contributed by atoms with Crippen LogP contribution in [0.15, 0.2) is 88.9 Å². The standard InChI is InChI=1S/C23H21F3N2O4S/c1-3-12-28(19-9-5-8-18(15-19)23(24,25)26)33(30,31)21-11-4-7-17(14-21)22(29)27(2)16-20-10-6-13-32-20/h3-11,13-15H,1,12,16H2,2H3. The van der Waals surface area contributed by atoms with Crippen LogP contribution in [0.25, 0.3) is 0 Å². The second kappa shape index (κ2) is 9.53. The summed E-state index contributed by atoms with van der Waals surface area (Å²) >= 11 is 0. The molecule has 3 rings (SSSR count). The van der Waals surface area contributed by atoms with Crippen LogP contribution in [0.2, 0.25) is 0 Å². The minimum absolute atomic E-state index is 0.104. The van der Waals surface area contributed by atoms with Gasteiger partial charge in [0.15, 0.2) is 0 Å². The molecule has 1 aromatic heterocycles. The van der Waals surface area contributed by atoms with Gasteiger partial charge in [0, 0.05) is 12.6 Å². The Balaban J connectivity index is 1.95. The van der Waals surface area contributed by atoms with Gasteiger partial charge in [-0.3, -0.25) is 9.10 Å². The van der Waals surface area contributed by atoms with Crippen molar-refractivity contribution in [2.75, 3.05) is 17.9 Å². The Labute approximate surface area is 189 Å². The van der Waals surface area contributed by atoms with Crippen molar-refractivity contribution < 1.29 is 30.8 Å². The third kappa shape index (κ3) is 5.46. The van der Waals surface area contributed by atoms with E-state index < -0.39 is 27.7 Å². The monoisotopic (exact) mass is 478 g/mol. The first-order valence-corrected chi connectivity index (χ1v) is 11.2. The van der Waals surface area contributed by atoms with Crippen molar-refractivity contribution in [3.63, 3.8) is 0 Å². The van der Waals surface area contributed by atoms with E-state index in [9.17, 15) is 26.4 Å². The van der Waals surface area contributed by atoms with E-state index in [-0.39, 0.29) is 29.2 Å². The van der Waals surface area contributed by atoms with E-state index in [1.807, 2.05) is 0 Å². The number of anilines is 1. The number of carbonyl (C=O) groups is 1. The molecule has 10 heteroatoms. The van der Waals surface area contributed by atoms with Crippen LogP contribution in [-0.4, -0.2) is 32.8 Å². The normalized spacial score (nSPS) is 11.8. The van der Waals surface area contributed by atoms with E-state index in [0.29, 0.717) is 5.76 Å². The summed E-state index contributed by atoms with van der Waals surface area (Å²) in [5.74, 6) is 0.106. The first kappa shape index (κ1) is 24.1. The molecule has 0 spiro atoms. The van der Waals surface area contributed by atoms with Gasteiger partial charge in [0.25, 0.3) is 15.9 Å². The van der Waals surface area contributed by atoms with Gasteiger partial charge in [-0.1, -0.05) is 18.2 Å². The molecule has 0 atom stereocenters. The lowest BCUT2D eigenvalue weighted by Crippen LogP contribution is -2.32. The molecule has 6 nitrogen and oxygen atoms in total. The molecule has 3 aromatic rings. The average molecular weight is 478 g/mol. The van der Waals surface area contributed by atoms with Crippen LogP contribution in [0.3, 0.4) is 0 Å². The summed E-state index contributed by atoms with van der Waals surface area (Å²) in [7, 11) is -2.76. The van der Waals surface area contributed by atoms with Gasteiger partial charge in [0.1, 0.15) is 5.76 Å². The lowest BCUT2D eigenvalue weighted by Gasteiger charge is -2.24. The van der Waals surface area contributed by atoms with Crippen molar-refractivity contribution in [2.45, 2.75) is 17.6 Å². The molecule has 0 bridgehead atoms. The highest BCUT2D eigenvalue weighted by atomic mass is 32.2. The molecule has 174 valence electrons. The number of nitrogens with zero attached hydrogens (tertiary/aromatic N) is 2. The molecule has 0 radical (unpaired) electrons. The number of benzene rings is 2. The minimum atomic E-state index is -4.63. The Morgan fingerprint density at radius 2 is 1.82 bits per heavy atom. The van der Waals surface area contributed by atoms with Crippen LogP contribution in [0, 0.1) is 0 Å². The van der Waals surface area contributed by atoms with Crippen LogP contribution >= 0.6 is 0 Å². The van der Waals surface area contributed by atoms with Crippen LogP contribution in [0.4, 0.5) is 18.9 Å². The number of hydrogen-bond donors (Lipinski definition) is 0. The average Bonchev–Trinajstić information content (AvgIpc) is 3.29. The van der Waals surface area contributed by atoms with E-state index in [4.69, 9.17) is 4.42 Å². The zero-order chi connectivity index (χ0) is 24.2. The third-order valence-corrected chi connectivity index (χ3v) is 6.53. The number of sulfonamides is 1. The van der Waals surface area contributed by atoms with Gasteiger partial charge in [-0.15, -0.1) is 6.58 Å². The molecule has 0 aliphatic heterocycles. The lowest BCUT2D eigenvalue weighted by atomic mass is 10.2. The van der Waals surface area contributed by atoms with Crippen molar-refractivity contribution in [1.29, 1.82) is 0 Å². The zero-order valence-corrected chi connectivity index (χ0v) is 18.4. The Bertz CT molecular complexity index is 1240. The van der Waals surface area contributed by atoms with Crippen molar-refractivity contribution >= 4 is 21.6 Å². The van der Waals surface area contributed by atoms with Gasteiger partial charge in [-0.25, -0.2) is 8.42 Å². The Morgan fingerprint density at radius 1 is 1.09 bits per heavy atom. The predicted octanol–water partition coefficient (Wildman–Crippen LogP) is 4.95. The first-order valence-electron chi connectivity index (χ1n) is 9.73. The molecule has 0 N–H and O–H groups in total. The van der Waals surface area contributed by atoms with Crippen molar-refractivity contribution in [3.8, 4) is 0 Å². The van der Waals surface area contributed by atoms with E-state index in [1.165, 1.54) is 47.6 Å². The molecule has 0 unspecified atom stereocenters. The van der Waals surface area contributed by atoms with Crippen molar-refractivity contribution in [1.82, 2.24) is 4.90 Å². The molecule has 0 aliphatic rings. The van der Waals surface area contributed by atoms with Crippen molar-refractivity contribution in [2.24, 2.45) is 0 Å². The number of hydrogen-bond acceptors (Lipinski definition) is 4. The number of furan rings is 1. The molecule has 0 saturated carbocycles. The van der Waals surface area contributed by atoms with Gasteiger partial charge in [-0.2, -0.15) is 13.2 Å². The molecule has 0 aliphatic carbocycles. The lowest BCUT2D eigenvalue weighted by molar-refractivity contribution is -0.137. The van der Waals surface area contributed by atoms with E-state index >= 15 is 0 Å². The Hall–Kier alpha value is -3.53. The second-order valence-corrected chi connectivity index (χ2v) is 9.00. The largest absolute Gasteiger partial charge is 0.467 e. The maximum absolute atomic E-state index is 13.3. The molecule has 33 heavy (non-hydrogen) atoms. The van der Waals surface area contributed by atoms with Gasteiger partial charge in [0.2, 0.25) is 0 Å². The van der Waals surface area contributed by atoms with E-state index in [0.717, 1.165) is 22.5 Å². The van der Waals surface area contributed by atoms with Crippen LogP contribution in [0.5, 0.6) is 0 Å². The highest BCUT2D eigenvalue weighted by Gasteiger charge is 2.32. The molecular weight excluding hydrogens is 457 g/mol. The zero-order valence-electron chi connectivity index (χ0n) is 17.6. The fourth-order valence-corrected chi connectivity index (χ4v) is 4.62. The summed E-state index contributed by atoms with van der Waals surface area (Å²) in [5.41, 5.74) is -1.04. The van der Waals surface area contributed by atoms with Crippen LogP contribution < -0.4 is 4.31 Å². The fraction of sp³-hybridized carbons (Fsp3) is 0.174. The van der Waals surface area contributed by atoms with Gasteiger partial charge in [-0.05, 0) is 48.5 Å². The summed E-state index contributed by atoms with van der Waals surface area (Å²) in [6.07, 6.45) is -1.89. The smallest absolute Gasteiger partial charge is 0.416 e. The molecule has 2 aromatic carbocycles. The van der Waals surface area contributed by atoms with Crippen LogP contribution in [-0.2, 0) is 22.7 Å². The topological polar surface area (TPSA) is 70.8 Å². The molecule has 1 amide bonds. The van der Waals surface area contributed by atoms with Gasteiger partial charge in [0.05, 0.1) is 35.5 Å². The maximum Gasteiger partial charge on any atom is 0.416 e. The predicted molar refractivity (Wildman–Crippen MR) is 117 cm³/mol. The summed E-state index contributed by atoms with van der Waals surface area (Å²) in [4.78, 5) is 13.9. The molecular formula is C23H21F3N2O4S. The summed E-state index contributed by atoms with van der Waals surface area (Å²) in [6, 6.07) is 12.7. The fourth-order valence-electron chi connectivity index (χ4n) is 3.14. The van der Waals surface area contributed by atoms with Gasteiger partial charge >= 0.3 is 6.18 Å². The number of amides is 1. The quantitative estimate of drug-likeness (QED) is 0.430. The van der Waals surface area contributed by atoms with Crippen molar-refractivity contribution in [3.05, 3.63) is 96.5 Å². The molecule has 0 fully saturated rings. The number of halogens is 3. The second-order valence-electron chi connectivity index (χ2n) is 7.14. The van der Waals surface area contributed by atoms with E-state index in [2.05, 4.69) is 6.58 Å². The van der Waals surface area contributed by atoms with Gasteiger partial charge < -0.3 is 9.32 Å². The SMILES string of the molecule is C=CCN(c1cccc(C(F)(F)F)c1)S(=O)(=O)c1cccc(C(=O)N(C)Cc2ccco2)c1. The highest BCUT2D eigenvalue weighted by molar-refractivity contribution is 7.92. The number of alkyl halides is 3. The minimum Gasteiger partial charge on any atom is -0.467 e. The number of rotatable bonds is 8.